The van der Waals surface area contributed by atoms with Crippen molar-refractivity contribution in [1.82, 2.24) is 25.1 Å². The van der Waals surface area contributed by atoms with Crippen LogP contribution in [0.15, 0.2) is 54.6 Å². The molecule has 1 aliphatic rings. The standard InChI is InChI=1S/C20H20N6.ClH/c21-14-17-9-6-10-18(13-17)19(25-11-4-5-12-25)20-22-23-24-26(20)15-16-7-2-1-3-8-16;/h1-3,6-10,13,19H,4-5,11-12,15H2;1H. The smallest absolute Gasteiger partial charge is 0.173 e. The molecule has 2 heterocycles. The Kier molecular flexibility index (Phi) is 6.17. The summed E-state index contributed by atoms with van der Waals surface area (Å²) in [6.45, 7) is 2.66. The largest absolute Gasteiger partial charge is 0.290 e. The molecule has 0 N–H and O–H groups in total. The van der Waals surface area contributed by atoms with Gasteiger partial charge in [-0.1, -0.05) is 42.5 Å². The van der Waals surface area contributed by atoms with Crippen LogP contribution in [0, 0.1) is 11.3 Å². The predicted molar refractivity (Wildman–Crippen MR) is 104 cm³/mol. The van der Waals surface area contributed by atoms with Gasteiger partial charge in [0.05, 0.1) is 24.2 Å². The van der Waals surface area contributed by atoms with Crippen LogP contribution in [0.1, 0.15) is 41.4 Å². The van der Waals surface area contributed by atoms with Crippen molar-refractivity contribution in [3.8, 4) is 6.07 Å². The Morgan fingerprint density at radius 1 is 1.04 bits per heavy atom. The zero-order chi connectivity index (χ0) is 17.8. The van der Waals surface area contributed by atoms with Gasteiger partial charge in [-0.15, -0.1) is 17.5 Å². The normalized spacial score (nSPS) is 15.1. The van der Waals surface area contributed by atoms with Crippen molar-refractivity contribution in [3.05, 3.63) is 77.1 Å². The minimum Gasteiger partial charge on any atom is -0.290 e. The molecule has 1 aromatic heterocycles. The number of hydrogen-bond donors (Lipinski definition) is 0. The number of aromatic nitrogens is 4. The minimum atomic E-state index is -0.0375. The third kappa shape index (κ3) is 4.16. The first-order valence-electron chi connectivity index (χ1n) is 8.89. The number of tetrazole rings is 1. The SMILES string of the molecule is Cl.N#Cc1cccc(C(c2nnnn2Cc2ccccc2)N2CCCC2)c1. The van der Waals surface area contributed by atoms with E-state index in [9.17, 15) is 5.26 Å². The van der Waals surface area contributed by atoms with E-state index in [-0.39, 0.29) is 18.4 Å². The molecule has 1 aliphatic heterocycles. The first-order valence-corrected chi connectivity index (χ1v) is 8.89. The lowest BCUT2D eigenvalue weighted by Gasteiger charge is -2.27. The zero-order valence-corrected chi connectivity index (χ0v) is 15.7. The van der Waals surface area contributed by atoms with Gasteiger partial charge < -0.3 is 0 Å². The van der Waals surface area contributed by atoms with E-state index < -0.39 is 0 Å². The maximum atomic E-state index is 9.28. The molecule has 0 saturated carbocycles. The Morgan fingerprint density at radius 3 is 2.56 bits per heavy atom. The van der Waals surface area contributed by atoms with Crippen molar-refractivity contribution >= 4 is 12.4 Å². The average molecular weight is 381 g/mol. The molecular weight excluding hydrogens is 360 g/mol. The second-order valence-corrected chi connectivity index (χ2v) is 6.56. The number of rotatable bonds is 5. The van der Waals surface area contributed by atoms with Crippen LogP contribution in [0.2, 0.25) is 0 Å². The minimum absolute atomic E-state index is 0. The third-order valence-corrected chi connectivity index (χ3v) is 4.82. The zero-order valence-electron chi connectivity index (χ0n) is 14.9. The molecule has 1 unspecified atom stereocenters. The molecule has 1 saturated heterocycles. The van der Waals surface area contributed by atoms with E-state index in [0.717, 1.165) is 30.0 Å². The van der Waals surface area contributed by atoms with Crippen LogP contribution < -0.4 is 0 Å². The number of halogens is 1. The number of nitriles is 1. The molecule has 1 atom stereocenters. The molecule has 4 rings (SSSR count). The molecule has 3 aromatic rings. The van der Waals surface area contributed by atoms with Gasteiger partial charge in [0.25, 0.3) is 0 Å². The molecule has 1 fully saturated rings. The van der Waals surface area contributed by atoms with Gasteiger partial charge in [0, 0.05) is 0 Å². The highest BCUT2D eigenvalue weighted by Crippen LogP contribution is 2.30. The predicted octanol–water partition coefficient (Wildman–Crippen LogP) is 3.20. The maximum Gasteiger partial charge on any atom is 0.173 e. The summed E-state index contributed by atoms with van der Waals surface area (Å²) in [7, 11) is 0. The molecular formula is C20H21ClN6. The van der Waals surface area contributed by atoms with E-state index in [1.165, 1.54) is 12.8 Å². The Hall–Kier alpha value is -2.75. The van der Waals surface area contributed by atoms with Gasteiger partial charge in [0.1, 0.15) is 0 Å². The number of likely N-dealkylation sites (tertiary alicyclic amines) is 1. The van der Waals surface area contributed by atoms with Crippen LogP contribution in [-0.4, -0.2) is 38.2 Å². The fourth-order valence-corrected chi connectivity index (χ4v) is 3.58. The maximum absolute atomic E-state index is 9.28. The second kappa shape index (κ2) is 8.76. The lowest BCUT2D eigenvalue weighted by molar-refractivity contribution is 0.264. The second-order valence-electron chi connectivity index (χ2n) is 6.56. The van der Waals surface area contributed by atoms with Gasteiger partial charge >= 0.3 is 0 Å². The summed E-state index contributed by atoms with van der Waals surface area (Å²) in [5.74, 6) is 0.825. The quantitative estimate of drug-likeness (QED) is 0.679. The molecule has 0 amide bonds. The highest BCUT2D eigenvalue weighted by molar-refractivity contribution is 5.85. The van der Waals surface area contributed by atoms with Crippen LogP contribution in [-0.2, 0) is 6.54 Å². The summed E-state index contributed by atoms with van der Waals surface area (Å²) in [5, 5.41) is 21.8. The van der Waals surface area contributed by atoms with Gasteiger partial charge in [0.2, 0.25) is 0 Å². The summed E-state index contributed by atoms with van der Waals surface area (Å²) in [6, 6.07) is 20.2. The molecule has 0 bridgehead atoms. The Morgan fingerprint density at radius 2 is 1.81 bits per heavy atom. The molecule has 0 aliphatic carbocycles. The third-order valence-electron chi connectivity index (χ3n) is 4.82. The van der Waals surface area contributed by atoms with Gasteiger partial charge in [-0.3, -0.25) is 4.90 Å². The first kappa shape index (κ1) is 19.0. The molecule has 27 heavy (non-hydrogen) atoms. The van der Waals surface area contributed by atoms with E-state index >= 15 is 0 Å². The van der Waals surface area contributed by atoms with E-state index in [1.807, 2.05) is 41.1 Å². The van der Waals surface area contributed by atoms with Crippen molar-refractivity contribution in [3.63, 3.8) is 0 Å². The fourth-order valence-electron chi connectivity index (χ4n) is 3.58. The van der Waals surface area contributed by atoms with Crippen molar-refractivity contribution in [1.29, 1.82) is 5.26 Å². The topological polar surface area (TPSA) is 70.6 Å². The van der Waals surface area contributed by atoms with E-state index in [1.54, 1.807) is 0 Å². The molecule has 6 nitrogen and oxygen atoms in total. The summed E-state index contributed by atoms with van der Waals surface area (Å²) in [6.07, 6.45) is 2.35. The van der Waals surface area contributed by atoms with Crippen molar-refractivity contribution in [2.75, 3.05) is 13.1 Å². The van der Waals surface area contributed by atoms with Gasteiger partial charge in [0.15, 0.2) is 5.82 Å². The van der Waals surface area contributed by atoms with Crippen molar-refractivity contribution < 1.29 is 0 Å². The molecule has 138 valence electrons. The van der Waals surface area contributed by atoms with Gasteiger partial charge in [-0.2, -0.15) is 5.26 Å². The molecule has 0 spiro atoms. The Bertz CT molecular complexity index is 911. The van der Waals surface area contributed by atoms with Crippen LogP contribution >= 0.6 is 12.4 Å². The Balaban J connectivity index is 0.00000210. The summed E-state index contributed by atoms with van der Waals surface area (Å²) in [4.78, 5) is 2.41. The molecule has 2 aromatic carbocycles. The lowest BCUT2D eigenvalue weighted by Crippen LogP contribution is -2.29. The van der Waals surface area contributed by atoms with E-state index in [0.29, 0.717) is 12.1 Å². The summed E-state index contributed by atoms with van der Waals surface area (Å²) in [5.41, 5.74) is 2.89. The van der Waals surface area contributed by atoms with Crippen molar-refractivity contribution in [2.24, 2.45) is 0 Å². The monoisotopic (exact) mass is 380 g/mol. The van der Waals surface area contributed by atoms with Crippen molar-refractivity contribution in [2.45, 2.75) is 25.4 Å². The highest BCUT2D eigenvalue weighted by Gasteiger charge is 2.30. The summed E-state index contributed by atoms with van der Waals surface area (Å²) < 4.78 is 1.87. The van der Waals surface area contributed by atoms with Gasteiger partial charge in [-0.05, 0) is 59.6 Å². The lowest BCUT2D eigenvalue weighted by atomic mass is 10.0. The van der Waals surface area contributed by atoms with E-state index in [4.69, 9.17) is 0 Å². The molecule has 0 radical (unpaired) electrons. The highest BCUT2D eigenvalue weighted by atomic mass is 35.5. The summed E-state index contributed by atoms with van der Waals surface area (Å²) >= 11 is 0. The van der Waals surface area contributed by atoms with Crippen LogP contribution in [0.5, 0.6) is 0 Å². The van der Waals surface area contributed by atoms with E-state index in [2.05, 4.69) is 44.7 Å². The average Bonchev–Trinajstić information content (AvgIpc) is 3.36. The number of hydrogen-bond acceptors (Lipinski definition) is 5. The molecule has 7 heteroatoms. The number of benzene rings is 2. The van der Waals surface area contributed by atoms with Crippen LogP contribution in [0.4, 0.5) is 0 Å². The van der Waals surface area contributed by atoms with Crippen LogP contribution in [0.25, 0.3) is 0 Å². The van der Waals surface area contributed by atoms with Gasteiger partial charge in [-0.25, -0.2) is 4.68 Å². The number of nitrogens with zero attached hydrogens (tertiary/aromatic N) is 6. The van der Waals surface area contributed by atoms with Crippen LogP contribution in [0.3, 0.4) is 0 Å². The first-order chi connectivity index (χ1) is 12.8. The fraction of sp³-hybridized carbons (Fsp3) is 0.300. The Labute approximate surface area is 164 Å².